The number of carbonyl (C=O) groups is 1. The lowest BCUT2D eigenvalue weighted by atomic mass is 9.72. The van der Waals surface area contributed by atoms with Gasteiger partial charge in [-0.05, 0) is 42.3 Å². The van der Waals surface area contributed by atoms with Crippen LogP contribution in [-0.4, -0.2) is 18.0 Å². The van der Waals surface area contributed by atoms with E-state index in [1.54, 1.807) is 6.08 Å². The quantitative estimate of drug-likeness (QED) is 0.825. The summed E-state index contributed by atoms with van der Waals surface area (Å²) in [5.74, 6) is 0.519. The third-order valence-electron chi connectivity index (χ3n) is 4.48. The molecule has 0 spiro atoms. The van der Waals surface area contributed by atoms with Crippen LogP contribution in [0, 0.1) is 11.8 Å². The second kappa shape index (κ2) is 4.87. The van der Waals surface area contributed by atoms with Gasteiger partial charge < -0.3 is 4.74 Å². The molecule has 1 aromatic carbocycles. The fraction of sp³-hybridized carbons (Fsp3) is 0.353. The Labute approximate surface area is 124 Å². The van der Waals surface area contributed by atoms with Crippen molar-refractivity contribution < 1.29 is 9.53 Å². The van der Waals surface area contributed by atoms with Gasteiger partial charge >= 0.3 is 0 Å². The molecule has 0 amide bonds. The van der Waals surface area contributed by atoms with Crippen LogP contribution in [0.1, 0.15) is 18.9 Å². The number of allylic oxidation sites excluding steroid dienone is 1. The number of rotatable bonds is 2. The maximum atomic E-state index is 11.7. The van der Waals surface area contributed by atoms with E-state index >= 15 is 0 Å². The Bertz CT molecular complexity index is 588. The molecule has 0 aromatic heterocycles. The maximum Gasteiger partial charge on any atom is 0.155 e. The number of ketones is 1. The number of fused-ring (bicyclic) bond motifs is 1. The van der Waals surface area contributed by atoms with Gasteiger partial charge in [0.1, 0.15) is 0 Å². The lowest BCUT2D eigenvalue weighted by molar-refractivity contribution is -0.117. The molecule has 0 saturated carbocycles. The number of benzene rings is 1. The highest BCUT2D eigenvalue weighted by Gasteiger charge is 2.48. The summed E-state index contributed by atoms with van der Waals surface area (Å²) in [6, 6.07) is 7.67. The summed E-state index contributed by atoms with van der Waals surface area (Å²) >= 11 is 5.92. The highest BCUT2D eigenvalue weighted by atomic mass is 35.5. The highest BCUT2D eigenvalue weighted by Crippen LogP contribution is 2.46. The number of hydrogen-bond donors (Lipinski definition) is 0. The second-order valence-corrected chi connectivity index (χ2v) is 6.18. The van der Waals surface area contributed by atoms with Crippen molar-refractivity contribution in [2.75, 3.05) is 6.61 Å². The fourth-order valence-corrected chi connectivity index (χ4v) is 3.30. The van der Waals surface area contributed by atoms with Crippen molar-refractivity contribution in [2.24, 2.45) is 11.8 Å². The first-order chi connectivity index (χ1) is 9.49. The molecule has 1 saturated heterocycles. The average Bonchev–Trinajstić information content (AvgIpc) is 2.76. The summed E-state index contributed by atoms with van der Waals surface area (Å²) in [5.41, 5.74) is 1.75. The summed E-state index contributed by atoms with van der Waals surface area (Å²) < 4.78 is 5.95. The summed E-state index contributed by atoms with van der Waals surface area (Å²) in [5, 5.41) is 0.713. The van der Waals surface area contributed by atoms with Gasteiger partial charge in [-0.2, -0.15) is 0 Å². The smallest absolute Gasteiger partial charge is 0.155 e. The molecule has 3 atom stereocenters. The predicted molar refractivity (Wildman–Crippen MR) is 80.6 cm³/mol. The largest absolute Gasteiger partial charge is 0.370 e. The van der Waals surface area contributed by atoms with Crippen LogP contribution in [0.5, 0.6) is 0 Å². The maximum absolute atomic E-state index is 11.7. The first-order valence-electron chi connectivity index (χ1n) is 6.80. The van der Waals surface area contributed by atoms with E-state index in [1.807, 2.05) is 30.3 Å². The predicted octanol–water partition coefficient (Wildman–Crippen LogP) is 3.90. The van der Waals surface area contributed by atoms with Crippen molar-refractivity contribution in [2.45, 2.75) is 18.9 Å². The number of carbonyl (C=O) groups excluding carboxylic acids is 1. The van der Waals surface area contributed by atoms with Gasteiger partial charge in [-0.15, -0.1) is 0 Å². The number of hydrogen-bond acceptors (Lipinski definition) is 2. The van der Waals surface area contributed by atoms with E-state index in [2.05, 4.69) is 13.5 Å². The molecule has 1 heterocycles. The van der Waals surface area contributed by atoms with Gasteiger partial charge in [0, 0.05) is 23.3 Å². The normalized spacial score (nSPS) is 32.2. The molecule has 2 nitrogen and oxygen atoms in total. The molecule has 3 heteroatoms. The molecule has 1 aromatic rings. The first-order valence-corrected chi connectivity index (χ1v) is 7.18. The zero-order chi connectivity index (χ0) is 14.3. The third kappa shape index (κ3) is 2.23. The molecule has 0 N–H and O–H groups in total. The Kier molecular flexibility index (Phi) is 3.31. The van der Waals surface area contributed by atoms with Crippen molar-refractivity contribution in [1.29, 1.82) is 0 Å². The monoisotopic (exact) mass is 288 g/mol. The number of ether oxygens (including phenoxy) is 1. The van der Waals surface area contributed by atoms with Crippen LogP contribution < -0.4 is 0 Å². The van der Waals surface area contributed by atoms with Crippen LogP contribution in [-0.2, 0) is 9.53 Å². The first kappa shape index (κ1) is 13.6. The van der Waals surface area contributed by atoms with Gasteiger partial charge in [0.2, 0.25) is 0 Å². The molecular formula is C17H17ClO2. The summed E-state index contributed by atoms with van der Waals surface area (Å²) in [7, 11) is 0. The molecule has 20 heavy (non-hydrogen) atoms. The zero-order valence-electron chi connectivity index (χ0n) is 11.4. The Balaban J connectivity index is 1.88. The zero-order valence-corrected chi connectivity index (χ0v) is 12.2. The van der Waals surface area contributed by atoms with E-state index in [4.69, 9.17) is 16.3 Å². The van der Waals surface area contributed by atoms with E-state index in [1.165, 1.54) is 0 Å². The van der Waals surface area contributed by atoms with Crippen LogP contribution >= 0.6 is 11.6 Å². The van der Waals surface area contributed by atoms with Crippen molar-refractivity contribution in [3.8, 4) is 0 Å². The Morgan fingerprint density at radius 2 is 2.10 bits per heavy atom. The topological polar surface area (TPSA) is 26.3 Å². The molecule has 3 rings (SSSR count). The molecule has 0 radical (unpaired) electrons. The summed E-state index contributed by atoms with van der Waals surface area (Å²) in [6.07, 6.45) is 4.08. The van der Waals surface area contributed by atoms with Crippen molar-refractivity contribution >= 4 is 23.0 Å². The van der Waals surface area contributed by atoms with E-state index in [0.29, 0.717) is 18.1 Å². The van der Waals surface area contributed by atoms with Crippen LogP contribution in [0.15, 0.2) is 43.0 Å². The van der Waals surface area contributed by atoms with Crippen molar-refractivity contribution in [3.05, 3.63) is 53.6 Å². The lowest BCUT2D eigenvalue weighted by Crippen LogP contribution is -2.36. The van der Waals surface area contributed by atoms with Gasteiger partial charge in [0.05, 0.1) is 12.2 Å². The molecule has 1 aliphatic heterocycles. The SMILES string of the molecule is C=C(c1ccc(Cl)cc1)C1COC2(C)C=CC(=O)CC12. The van der Waals surface area contributed by atoms with E-state index in [9.17, 15) is 4.79 Å². The molecule has 0 bridgehead atoms. The summed E-state index contributed by atoms with van der Waals surface area (Å²) in [4.78, 5) is 11.7. The van der Waals surface area contributed by atoms with E-state index in [-0.39, 0.29) is 23.2 Å². The van der Waals surface area contributed by atoms with Crippen LogP contribution in [0.4, 0.5) is 0 Å². The minimum absolute atomic E-state index is 0.170. The number of halogens is 1. The Hall–Kier alpha value is -1.38. The molecular weight excluding hydrogens is 272 g/mol. The standard InChI is InChI=1S/C17H17ClO2/c1-11(12-3-5-13(18)6-4-12)15-10-20-17(2)8-7-14(19)9-16(15)17/h3-8,15-16H,1,9-10H2,2H3. The molecule has 1 aliphatic carbocycles. The highest BCUT2D eigenvalue weighted by molar-refractivity contribution is 6.30. The third-order valence-corrected chi connectivity index (χ3v) is 4.73. The molecule has 3 unspecified atom stereocenters. The van der Waals surface area contributed by atoms with Gasteiger partial charge in [-0.1, -0.05) is 30.3 Å². The van der Waals surface area contributed by atoms with Crippen molar-refractivity contribution in [3.63, 3.8) is 0 Å². The average molecular weight is 289 g/mol. The Morgan fingerprint density at radius 1 is 1.40 bits per heavy atom. The molecule has 1 fully saturated rings. The van der Waals surface area contributed by atoms with Crippen LogP contribution in [0.2, 0.25) is 5.02 Å². The lowest BCUT2D eigenvalue weighted by Gasteiger charge is -2.32. The minimum Gasteiger partial charge on any atom is -0.370 e. The van der Waals surface area contributed by atoms with Gasteiger partial charge in [0.15, 0.2) is 5.78 Å². The fourth-order valence-electron chi connectivity index (χ4n) is 3.17. The van der Waals surface area contributed by atoms with Gasteiger partial charge in [-0.25, -0.2) is 0 Å². The van der Waals surface area contributed by atoms with Crippen molar-refractivity contribution in [1.82, 2.24) is 0 Å². The Morgan fingerprint density at radius 3 is 2.80 bits per heavy atom. The van der Waals surface area contributed by atoms with Crippen LogP contribution in [0.25, 0.3) is 5.57 Å². The molecule has 2 aliphatic rings. The van der Waals surface area contributed by atoms with E-state index in [0.717, 1.165) is 11.1 Å². The minimum atomic E-state index is -0.339. The van der Waals surface area contributed by atoms with Gasteiger partial charge in [0.25, 0.3) is 0 Å². The summed E-state index contributed by atoms with van der Waals surface area (Å²) in [6.45, 7) is 6.89. The van der Waals surface area contributed by atoms with Gasteiger partial charge in [-0.3, -0.25) is 4.79 Å². The van der Waals surface area contributed by atoms with E-state index < -0.39 is 0 Å². The molecule has 104 valence electrons. The van der Waals surface area contributed by atoms with Crippen LogP contribution in [0.3, 0.4) is 0 Å². The second-order valence-electron chi connectivity index (χ2n) is 5.74.